The van der Waals surface area contributed by atoms with Crippen LogP contribution in [-0.2, 0) is 0 Å². The topological polar surface area (TPSA) is 113 Å². The van der Waals surface area contributed by atoms with E-state index in [2.05, 4.69) is 20.4 Å². The second kappa shape index (κ2) is 7.03. The van der Waals surface area contributed by atoms with E-state index < -0.39 is 0 Å². The number of rotatable bonds is 0. The first-order chi connectivity index (χ1) is 10.3. The van der Waals surface area contributed by atoms with Crippen LogP contribution in [0.4, 0.5) is 0 Å². The molecule has 8 nitrogen and oxygen atoms in total. The van der Waals surface area contributed by atoms with Crippen LogP contribution in [0.15, 0.2) is 20.6 Å². The lowest BCUT2D eigenvalue weighted by molar-refractivity contribution is 0.781. The highest BCUT2D eigenvalue weighted by molar-refractivity contribution is 8.03. The highest BCUT2D eigenvalue weighted by Crippen LogP contribution is 2.26. The van der Waals surface area contributed by atoms with Crippen molar-refractivity contribution in [1.82, 2.24) is 29.7 Å². The average Bonchev–Trinajstić information content (AvgIpc) is 3.00. The summed E-state index contributed by atoms with van der Waals surface area (Å²) in [6, 6.07) is 0. The molecule has 2 aromatic heterocycles. The summed E-state index contributed by atoms with van der Waals surface area (Å²) in [5, 5.41) is 19.5. The molecule has 1 aliphatic rings. The molecule has 0 amide bonds. The molecule has 0 aliphatic carbocycles. The SMILES string of the molecule is Nn1c2nnc1SCCSc1nnc(n1N)SCCCS2. The van der Waals surface area contributed by atoms with E-state index in [9.17, 15) is 0 Å². The van der Waals surface area contributed by atoms with Crippen LogP contribution in [-0.4, -0.2) is 52.8 Å². The minimum Gasteiger partial charge on any atom is -0.335 e. The zero-order valence-electron chi connectivity index (χ0n) is 11.0. The Balaban J connectivity index is 1.72. The van der Waals surface area contributed by atoms with Gasteiger partial charge in [-0.2, -0.15) is 0 Å². The van der Waals surface area contributed by atoms with E-state index in [1.807, 2.05) is 0 Å². The maximum absolute atomic E-state index is 5.99. The Bertz CT molecular complexity index is 559. The number of hydrogen-bond acceptors (Lipinski definition) is 10. The standard InChI is InChI=1S/C9H14N8S4/c10-16-6-12-14-8(16)20-4-5-21-9-15-13-7(17(9)11)19-3-1-2-18-6/h1-5,10-11H2. The van der Waals surface area contributed by atoms with Gasteiger partial charge < -0.3 is 11.7 Å². The summed E-state index contributed by atoms with van der Waals surface area (Å²) in [7, 11) is 0. The quantitative estimate of drug-likeness (QED) is 0.651. The summed E-state index contributed by atoms with van der Waals surface area (Å²) in [4.78, 5) is 0. The number of aromatic nitrogens is 6. The van der Waals surface area contributed by atoms with Crippen LogP contribution in [0, 0.1) is 0 Å². The minimum atomic E-state index is 0.734. The third kappa shape index (κ3) is 3.55. The lowest BCUT2D eigenvalue weighted by Gasteiger charge is -2.02. The van der Waals surface area contributed by atoms with Gasteiger partial charge in [-0.1, -0.05) is 47.0 Å². The molecule has 0 unspecified atom stereocenters. The summed E-state index contributed by atoms with van der Waals surface area (Å²) in [5.74, 6) is 15.5. The highest BCUT2D eigenvalue weighted by Gasteiger charge is 2.14. The lowest BCUT2D eigenvalue weighted by atomic mass is 10.6. The van der Waals surface area contributed by atoms with Crippen LogP contribution in [0.1, 0.15) is 6.42 Å². The van der Waals surface area contributed by atoms with Crippen molar-refractivity contribution in [3.63, 3.8) is 0 Å². The normalized spacial score (nSPS) is 17.1. The van der Waals surface area contributed by atoms with Crippen molar-refractivity contribution >= 4 is 47.0 Å². The summed E-state index contributed by atoms with van der Waals surface area (Å²) in [6.07, 6.45) is 1.00. The molecule has 0 radical (unpaired) electrons. The number of nitrogen functional groups attached to an aromatic ring is 2. The van der Waals surface area contributed by atoms with Crippen molar-refractivity contribution < 1.29 is 0 Å². The lowest BCUT2D eigenvalue weighted by Crippen LogP contribution is -2.12. The van der Waals surface area contributed by atoms with E-state index in [-0.39, 0.29) is 0 Å². The Morgan fingerprint density at radius 1 is 0.619 bits per heavy atom. The molecule has 1 aliphatic heterocycles. The monoisotopic (exact) mass is 362 g/mol. The predicted molar refractivity (Wildman–Crippen MR) is 87.9 cm³/mol. The van der Waals surface area contributed by atoms with Gasteiger partial charge in [-0.25, -0.2) is 9.35 Å². The van der Waals surface area contributed by atoms with Crippen molar-refractivity contribution in [2.45, 2.75) is 27.0 Å². The number of fused-ring (bicyclic) bond motifs is 4. The van der Waals surface area contributed by atoms with Gasteiger partial charge in [0, 0.05) is 23.0 Å². The van der Waals surface area contributed by atoms with Gasteiger partial charge in [-0.15, -0.1) is 20.4 Å². The van der Waals surface area contributed by atoms with Crippen molar-refractivity contribution in [2.24, 2.45) is 0 Å². The largest absolute Gasteiger partial charge is 0.335 e. The van der Waals surface area contributed by atoms with Crippen LogP contribution in [0.25, 0.3) is 0 Å². The molecule has 3 heterocycles. The van der Waals surface area contributed by atoms with Gasteiger partial charge in [0.1, 0.15) is 0 Å². The van der Waals surface area contributed by atoms with Gasteiger partial charge in [0.25, 0.3) is 0 Å². The Morgan fingerprint density at radius 3 is 1.33 bits per heavy atom. The third-order valence-corrected chi connectivity index (χ3v) is 6.77. The molecule has 12 heteroatoms. The molecule has 3 rings (SSSR count). The van der Waals surface area contributed by atoms with Crippen LogP contribution >= 0.6 is 47.0 Å². The Kier molecular flexibility index (Phi) is 5.08. The summed E-state index contributed by atoms with van der Waals surface area (Å²) in [5.41, 5.74) is 0. The molecule has 4 bridgehead atoms. The molecule has 0 spiro atoms. The van der Waals surface area contributed by atoms with Crippen molar-refractivity contribution in [3.05, 3.63) is 0 Å². The first-order valence-electron chi connectivity index (χ1n) is 6.18. The molecule has 0 fully saturated rings. The van der Waals surface area contributed by atoms with Gasteiger partial charge in [0.05, 0.1) is 0 Å². The van der Waals surface area contributed by atoms with E-state index in [1.165, 1.54) is 0 Å². The number of thioether (sulfide) groups is 4. The minimum absolute atomic E-state index is 0.734. The maximum atomic E-state index is 5.99. The third-order valence-electron chi connectivity index (χ3n) is 2.56. The van der Waals surface area contributed by atoms with E-state index in [0.717, 1.165) is 50.1 Å². The molecule has 4 N–H and O–H groups in total. The number of nitrogens with zero attached hydrogens (tertiary/aromatic N) is 6. The van der Waals surface area contributed by atoms with Gasteiger partial charge in [0.2, 0.25) is 20.6 Å². The summed E-state index contributed by atoms with van der Waals surface area (Å²) < 4.78 is 3.13. The fourth-order valence-electron chi connectivity index (χ4n) is 1.57. The maximum Gasteiger partial charge on any atom is 0.210 e. The Morgan fingerprint density at radius 2 is 0.952 bits per heavy atom. The molecule has 0 saturated heterocycles. The van der Waals surface area contributed by atoms with E-state index in [1.54, 1.807) is 56.4 Å². The molecule has 0 atom stereocenters. The fraction of sp³-hybridized carbons (Fsp3) is 0.556. The first-order valence-corrected chi connectivity index (χ1v) is 10.1. The van der Waals surface area contributed by atoms with Crippen LogP contribution in [0.2, 0.25) is 0 Å². The number of hydrogen-bond donors (Lipinski definition) is 2. The smallest absolute Gasteiger partial charge is 0.210 e. The van der Waals surface area contributed by atoms with Crippen LogP contribution < -0.4 is 11.7 Å². The van der Waals surface area contributed by atoms with Crippen molar-refractivity contribution in [3.8, 4) is 0 Å². The molecule has 114 valence electrons. The van der Waals surface area contributed by atoms with Crippen LogP contribution in [0.3, 0.4) is 0 Å². The zero-order chi connectivity index (χ0) is 14.7. The molecule has 2 aromatic rings. The average molecular weight is 363 g/mol. The van der Waals surface area contributed by atoms with E-state index in [4.69, 9.17) is 11.7 Å². The molecular weight excluding hydrogens is 348 g/mol. The Labute approximate surface area is 138 Å². The molecule has 0 saturated carbocycles. The van der Waals surface area contributed by atoms with Gasteiger partial charge >= 0.3 is 0 Å². The Hall–Kier alpha value is -0.720. The zero-order valence-corrected chi connectivity index (χ0v) is 14.3. The van der Waals surface area contributed by atoms with Crippen molar-refractivity contribution in [1.29, 1.82) is 0 Å². The summed E-state index contributed by atoms with van der Waals surface area (Å²) >= 11 is 6.38. The van der Waals surface area contributed by atoms with Gasteiger partial charge in [-0.3, -0.25) is 0 Å². The fourth-order valence-corrected chi connectivity index (χ4v) is 5.14. The van der Waals surface area contributed by atoms with Gasteiger partial charge in [-0.05, 0) is 6.42 Å². The highest BCUT2D eigenvalue weighted by atomic mass is 32.2. The van der Waals surface area contributed by atoms with Crippen molar-refractivity contribution in [2.75, 3.05) is 34.7 Å². The molecule has 21 heavy (non-hydrogen) atoms. The van der Waals surface area contributed by atoms with Gasteiger partial charge in [0.15, 0.2) is 0 Å². The first kappa shape index (κ1) is 15.2. The van der Waals surface area contributed by atoms with E-state index >= 15 is 0 Å². The predicted octanol–water partition coefficient (Wildman–Crippen LogP) is 0.769. The molecular formula is C9H14N8S4. The second-order valence-corrected chi connectivity index (χ2v) is 8.27. The van der Waals surface area contributed by atoms with E-state index in [0.29, 0.717) is 0 Å². The molecule has 0 aromatic carbocycles. The van der Waals surface area contributed by atoms with Crippen LogP contribution in [0.5, 0.6) is 0 Å². The summed E-state index contributed by atoms with van der Waals surface area (Å²) in [6.45, 7) is 0. The number of nitrogens with two attached hydrogens (primary N) is 2. The second-order valence-electron chi connectivity index (χ2n) is 4.02.